The van der Waals surface area contributed by atoms with Crippen molar-refractivity contribution in [3.05, 3.63) is 118 Å². The average Bonchev–Trinajstić information content (AvgIpc) is 1.68. The maximum Gasteiger partial charge on any atom is 0.175 e. The second kappa shape index (κ2) is 33.7. The summed E-state index contributed by atoms with van der Waals surface area (Å²) in [4.78, 5) is 11.5. The summed E-state index contributed by atoms with van der Waals surface area (Å²) >= 11 is 0. The summed E-state index contributed by atoms with van der Waals surface area (Å²) < 4.78 is 47.0. The molecule has 3 saturated carbocycles. The standard InChI is InChI=1S/2C26H35N3O3.C21H31N3O2.2ClH/c2*1-28(2)17-23-25(31-18-20-5-6-20)10-8-22-24(27-32-26(22)23)9-7-19-11-13-29(14-12-19)16-21-4-3-15-30-21;1-24(2)13-18-20(25-14-16-3-4-16)8-6-17-19(23-26-21(17)18)7-5-15-9-11-22-12-10-15;;/h2*3-4,8,10,15,19-20H,5-7,9,11-14,16-18H2,1-2H3;6,8,15-16,22H,3-5,7,9-14H2,1-2H3;2*1H. The Morgan fingerprint density at radius 1 is 0.424 bits per heavy atom. The minimum absolute atomic E-state index is 0. The van der Waals surface area contributed by atoms with Crippen molar-refractivity contribution in [3.8, 4) is 17.2 Å². The summed E-state index contributed by atoms with van der Waals surface area (Å²) in [5.41, 5.74) is 9.37. The molecule has 6 aliphatic rings. The monoisotopic (exact) mass is 1300 g/mol. The van der Waals surface area contributed by atoms with Gasteiger partial charge in [0.05, 0.1) is 79.2 Å². The third-order valence-electron chi connectivity index (χ3n) is 19.4. The fourth-order valence-corrected chi connectivity index (χ4v) is 13.4. The fourth-order valence-electron chi connectivity index (χ4n) is 13.4. The Morgan fingerprint density at radius 2 is 0.750 bits per heavy atom. The summed E-state index contributed by atoms with van der Waals surface area (Å²) in [6.07, 6.45) is 25.3. The highest BCUT2D eigenvalue weighted by Crippen LogP contribution is 2.39. The maximum absolute atomic E-state index is 6.16. The second-order valence-corrected chi connectivity index (χ2v) is 28.0. The summed E-state index contributed by atoms with van der Waals surface area (Å²) in [6, 6.07) is 20.9. The van der Waals surface area contributed by atoms with E-state index in [-0.39, 0.29) is 24.8 Å². The van der Waals surface area contributed by atoms with Crippen LogP contribution in [0.1, 0.15) is 142 Å². The van der Waals surface area contributed by atoms with Gasteiger partial charge in [0.15, 0.2) is 16.7 Å². The highest BCUT2D eigenvalue weighted by molar-refractivity contribution is 5.87. The number of aryl methyl sites for hydroxylation is 3. The van der Waals surface area contributed by atoms with E-state index in [9.17, 15) is 0 Å². The molecule has 17 nitrogen and oxygen atoms in total. The van der Waals surface area contributed by atoms with Crippen molar-refractivity contribution in [2.24, 2.45) is 35.5 Å². The number of piperidine rings is 3. The number of furan rings is 2. The molecule has 8 aromatic rings. The highest BCUT2D eigenvalue weighted by atomic mass is 35.5. The quantitative estimate of drug-likeness (QED) is 0.0493. The SMILES string of the molecule is CN(C)Cc1c(OCC2CC2)ccc2c(CCC3CCN(Cc4ccco4)CC3)noc12.CN(C)Cc1c(OCC2CC2)ccc2c(CCC3CCN(Cc4ccco4)CC3)noc12.CN(C)Cc1c(OCC2CC2)ccc2c(CCC3CCNCC3)noc12.Cl.Cl. The van der Waals surface area contributed by atoms with E-state index in [2.05, 4.69) is 136 Å². The van der Waals surface area contributed by atoms with E-state index in [4.69, 9.17) is 36.6 Å². The van der Waals surface area contributed by atoms with Crippen molar-refractivity contribution in [1.82, 2.24) is 45.3 Å². The molecule has 0 unspecified atom stereocenters. The lowest BCUT2D eigenvalue weighted by Gasteiger charge is -2.31. The summed E-state index contributed by atoms with van der Waals surface area (Å²) in [5.74, 6) is 9.49. The number of hydrogen-bond acceptors (Lipinski definition) is 17. The van der Waals surface area contributed by atoms with Gasteiger partial charge in [-0.3, -0.25) is 9.80 Å². The van der Waals surface area contributed by atoms with Crippen LogP contribution in [-0.2, 0) is 52.0 Å². The molecule has 92 heavy (non-hydrogen) atoms. The number of likely N-dealkylation sites (tertiary alicyclic amines) is 2. The number of fused-ring (bicyclic) bond motifs is 3. The Labute approximate surface area is 557 Å². The van der Waals surface area contributed by atoms with Crippen LogP contribution in [0.15, 0.2) is 95.6 Å². The average molecular weight is 1310 g/mol. The van der Waals surface area contributed by atoms with Crippen LogP contribution in [0.4, 0.5) is 0 Å². The van der Waals surface area contributed by atoms with Gasteiger partial charge in [0.1, 0.15) is 28.8 Å². The lowest BCUT2D eigenvalue weighted by Crippen LogP contribution is -2.33. The third-order valence-corrected chi connectivity index (χ3v) is 19.4. The first-order chi connectivity index (χ1) is 44.0. The van der Waals surface area contributed by atoms with Gasteiger partial charge < -0.3 is 56.6 Å². The Balaban J connectivity index is 0.000000151. The zero-order chi connectivity index (χ0) is 61.8. The van der Waals surface area contributed by atoms with Crippen LogP contribution in [-0.4, -0.2) is 141 Å². The molecule has 0 spiro atoms. The number of aromatic nitrogens is 3. The summed E-state index contributed by atoms with van der Waals surface area (Å²) in [5, 5.41) is 20.3. The third kappa shape index (κ3) is 19.5. The Morgan fingerprint density at radius 3 is 1.04 bits per heavy atom. The number of ether oxygens (including phenoxy) is 3. The van der Waals surface area contributed by atoms with Crippen LogP contribution < -0.4 is 19.5 Å². The number of hydrogen-bond donors (Lipinski definition) is 1. The van der Waals surface area contributed by atoms with Crippen LogP contribution in [0, 0.1) is 35.5 Å². The minimum atomic E-state index is 0. The van der Waals surface area contributed by atoms with E-state index in [0.717, 1.165) is 242 Å². The van der Waals surface area contributed by atoms with Gasteiger partial charge >= 0.3 is 0 Å². The molecule has 5 aromatic heterocycles. The Kier molecular flexibility index (Phi) is 25.3. The fraction of sp³-hybridized carbons (Fsp3) is 0.603. The molecule has 0 amide bonds. The van der Waals surface area contributed by atoms with Crippen LogP contribution in [0.2, 0.25) is 0 Å². The predicted octanol–water partition coefficient (Wildman–Crippen LogP) is 14.7. The Bertz CT molecular complexity index is 3290. The van der Waals surface area contributed by atoms with Crippen molar-refractivity contribution in [2.45, 2.75) is 148 Å². The first kappa shape index (κ1) is 69.2. The van der Waals surface area contributed by atoms with E-state index >= 15 is 0 Å². The second-order valence-electron chi connectivity index (χ2n) is 28.0. The van der Waals surface area contributed by atoms with E-state index in [1.807, 2.05) is 12.1 Å². The lowest BCUT2D eigenvalue weighted by molar-refractivity contribution is 0.162. The molecule has 0 atom stereocenters. The van der Waals surface area contributed by atoms with Gasteiger partial charge in [-0.2, -0.15) is 0 Å². The number of halogens is 2. The molecule has 3 aromatic carbocycles. The van der Waals surface area contributed by atoms with Crippen molar-refractivity contribution >= 4 is 57.7 Å². The summed E-state index contributed by atoms with van der Waals surface area (Å²) in [7, 11) is 12.5. The zero-order valence-corrected chi connectivity index (χ0v) is 57.3. The molecule has 19 heteroatoms. The molecule has 0 radical (unpaired) electrons. The number of benzene rings is 3. The zero-order valence-electron chi connectivity index (χ0n) is 55.7. The molecular formula is C73H103Cl2N9O8. The highest BCUT2D eigenvalue weighted by Gasteiger charge is 2.29. The Hall–Kier alpha value is -5.63. The molecule has 3 aliphatic heterocycles. The van der Waals surface area contributed by atoms with Crippen LogP contribution in [0.3, 0.4) is 0 Å². The molecule has 1 N–H and O–H groups in total. The van der Waals surface area contributed by atoms with Gasteiger partial charge in [0, 0.05) is 35.8 Å². The molecular weight excluding hydrogens is 1200 g/mol. The summed E-state index contributed by atoms with van der Waals surface area (Å²) in [6.45, 7) is 13.5. The minimum Gasteiger partial charge on any atom is -0.493 e. The van der Waals surface area contributed by atoms with Gasteiger partial charge in [-0.1, -0.05) is 15.5 Å². The van der Waals surface area contributed by atoms with Crippen LogP contribution in [0.5, 0.6) is 17.2 Å². The number of nitrogens with one attached hydrogen (secondary N) is 1. The van der Waals surface area contributed by atoms with Gasteiger partial charge in [-0.15, -0.1) is 24.8 Å². The first-order valence-corrected chi connectivity index (χ1v) is 34.2. The van der Waals surface area contributed by atoms with E-state index < -0.39 is 0 Å². The van der Waals surface area contributed by atoms with Crippen molar-refractivity contribution in [1.29, 1.82) is 0 Å². The molecule has 3 aliphatic carbocycles. The molecule has 14 rings (SSSR count). The molecule has 8 heterocycles. The first-order valence-electron chi connectivity index (χ1n) is 34.2. The van der Waals surface area contributed by atoms with Gasteiger partial charge in [-0.25, -0.2) is 0 Å². The smallest absolute Gasteiger partial charge is 0.175 e. The van der Waals surface area contributed by atoms with Crippen molar-refractivity contribution < 1.29 is 36.6 Å². The predicted molar refractivity (Wildman–Crippen MR) is 367 cm³/mol. The van der Waals surface area contributed by atoms with Crippen molar-refractivity contribution in [2.75, 3.05) is 101 Å². The molecule has 502 valence electrons. The molecule has 3 saturated heterocycles. The van der Waals surface area contributed by atoms with E-state index in [1.54, 1.807) is 12.5 Å². The topological polar surface area (TPSA) is 160 Å². The number of nitrogens with zero attached hydrogens (tertiary/aromatic N) is 8. The van der Waals surface area contributed by atoms with Gasteiger partial charge in [-0.05, 0) is 293 Å². The van der Waals surface area contributed by atoms with Crippen molar-refractivity contribution in [3.63, 3.8) is 0 Å². The normalized spacial score (nSPS) is 17.9. The van der Waals surface area contributed by atoms with Crippen LogP contribution in [0.25, 0.3) is 32.9 Å². The van der Waals surface area contributed by atoms with Crippen LogP contribution >= 0.6 is 24.8 Å². The van der Waals surface area contributed by atoms with E-state index in [1.165, 1.54) is 96.3 Å². The van der Waals surface area contributed by atoms with Gasteiger partial charge in [0.25, 0.3) is 0 Å². The maximum atomic E-state index is 6.16. The number of rotatable bonds is 28. The molecule has 0 bridgehead atoms. The van der Waals surface area contributed by atoms with Gasteiger partial charge in [0.2, 0.25) is 0 Å². The van der Waals surface area contributed by atoms with E-state index in [0.29, 0.717) is 0 Å². The largest absolute Gasteiger partial charge is 0.493 e. The lowest BCUT2D eigenvalue weighted by atomic mass is 9.91. The molecule has 6 fully saturated rings.